The number of aromatic nitrogens is 2. The van der Waals surface area contributed by atoms with Crippen molar-refractivity contribution in [3.05, 3.63) is 24.3 Å². The monoisotopic (exact) mass is 221 g/mol. The number of nitrogens with one attached hydrogen (secondary N) is 1. The summed E-state index contributed by atoms with van der Waals surface area (Å²) in [6, 6.07) is 0.217. The highest BCUT2D eigenvalue weighted by atomic mass is 16.5. The quantitative estimate of drug-likeness (QED) is 0.840. The van der Waals surface area contributed by atoms with E-state index < -0.39 is 0 Å². The van der Waals surface area contributed by atoms with E-state index in [2.05, 4.69) is 29.1 Å². The fourth-order valence-electron chi connectivity index (χ4n) is 1.98. The van der Waals surface area contributed by atoms with Crippen LogP contribution in [0.15, 0.2) is 18.6 Å². The fraction of sp³-hybridized carbons (Fsp3) is 0.667. The smallest absolute Gasteiger partial charge is 0.0779 e. The minimum Gasteiger partial charge on any atom is -0.374 e. The van der Waals surface area contributed by atoms with Gasteiger partial charge >= 0.3 is 0 Å². The lowest BCUT2D eigenvalue weighted by atomic mass is 10.0. The zero-order valence-electron chi connectivity index (χ0n) is 9.94. The second-order valence-electron chi connectivity index (χ2n) is 4.63. The van der Waals surface area contributed by atoms with Crippen LogP contribution in [0.1, 0.15) is 38.4 Å². The first-order chi connectivity index (χ1) is 7.70. The van der Waals surface area contributed by atoms with Crippen molar-refractivity contribution in [1.29, 1.82) is 0 Å². The summed E-state index contributed by atoms with van der Waals surface area (Å²) in [7, 11) is 0. The Bertz CT molecular complexity index is 322. The Hall–Kier alpha value is -1.00. The van der Waals surface area contributed by atoms with E-state index in [0.29, 0.717) is 0 Å². The van der Waals surface area contributed by atoms with E-state index >= 15 is 0 Å². The average Bonchev–Trinajstić information content (AvgIpc) is 2.75. The summed E-state index contributed by atoms with van der Waals surface area (Å²) >= 11 is 0. The van der Waals surface area contributed by atoms with Gasteiger partial charge in [-0.3, -0.25) is 9.97 Å². The Morgan fingerprint density at radius 1 is 1.56 bits per heavy atom. The van der Waals surface area contributed by atoms with Gasteiger partial charge in [-0.15, -0.1) is 0 Å². The molecule has 1 aromatic heterocycles. The van der Waals surface area contributed by atoms with Gasteiger partial charge in [-0.05, 0) is 26.7 Å². The van der Waals surface area contributed by atoms with Crippen LogP contribution in [0.4, 0.5) is 0 Å². The van der Waals surface area contributed by atoms with E-state index in [-0.39, 0.29) is 11.6 Å². The third kappa shape index (κ3) is 2.77. The van der Waals surface area contributed by atoms with Crippen molar-refractivity contribution in [2.24, 2.45) is 0 Å². The van der Waals surface area contributed by atoms with Crippen molar-refractivity contribution in [3.8, 4) is 0 Å². The molecular weight excluding hydrogens is 202 g/mol. The zero-order valence-corrected chi connectivity index (χ0v) is 9.94. The van der Waals surface area contributed by atoms with Gasteiger partial charge in [-0.2, -0.15) is 0 Å². The Balaban J connectivity index is 1.86. The van der Waals surface area contributed by atoms with Crippen LogP contribution >= 0.6 is 0 Å². The molecule has 0 aromatic carbocycles. The van der Waals surface area contributed by atoms with Gasteiger partial charge in [-0.1, -0.05) is 0 Å². The van der Waals surface area contributed by atoms with Crippen LogP contribution in [0.25, 0.3) is 0 Å². The molecule has 1 aliphatic heterocycles. The molecule has 2 atom stereocenters. The van der Waals surface area contributed by atoms with Crippen LogP contribution in [0, 0.1) is 0 Å². The molecule has 0 spiro atoms. The standard InChI is InChI=1S/C12H19N3O/c1-10(11-8-13-5-6-14-11)15-9-12(2)4-3-7-16-12/h5-6,8,10,15H,3-4,7,9H2,1-2H3. The van der Waals surface area contributed by atoms with Crippen molar-refractivity contribution < 1.29 is 4.74 Å². The fourth-order valence-corrected chi connectivity index (χ4v) is 1.98. The minimum atomic E-state index is -0.00350. The minimum absolute atomic E-state index is 0.00350. The summed E-state index contributed by atoms with van der Waals surface area (Å²) < 4.78 is 5.73. The predicted molar refractivity (Wildman–Crippen MR) is 62.0 cm³/mol. The SMILES string of the molecule is CC(NCC1(C)CCCO1)c1cnccn1. The molecule has 1 aromatic rings. The van der Waals surface area contributed by atoms with Gasteiger partial charge in [0.05, 0.1) is 11.3 Å². The summed E-state index contributed by atoms with van der Waals surface area (Å²) in [4.78, 5) is 8.35. The van der Waals surface area contributed by atoms with E-state index in [1.54, 1.807) is 18.6 Å². The molecule has 0 aliphatic carbocycles. The van der Waals surface area contributed by atoms with Crippen LogP contribution in [0.2, 0.25) is 0 Å². The number of rotatable bonds is 4. The Labute approximate surface area is 96.4 Å². The Morgan fingerprint density at radius 2 is 2.44 bits per heavy atom. The lowest BCUT2D eigenvalue weighted by Crippen LogP contribution is -2.38. The van der Waals surface area contributed by atoms with Crippen molar-refractivity contribution in [2.45, 2.75) is 38.3 Å². The van der Waals surface area contributed by atoms with E-state index in [9.17, 15) is 0 Å². The molecule has 2 rings (SSSR count). The summed E-state index contributed by atoms with van der Waals surface area (Å²) in [5, 5.41) is 3.45. The van der Waals surface area contributed by atoms with E-state index in [1.165, 1.54) is 0 Å². The Kier molecular flexibility index (Phi) is 3.51. The van der Waals surface area contributed by atoms with Gasteiger partial charge < -0.3 is 10.1 Å². The van der Waals surface area contributed by atoms with Crippen LogP contribution < -0.4 is 5.32 Å². The van der Waals surface area contributed by atoms with Crippen molar-refractivity contribution in [2.75, 3.05) is 13.2 Å². The van der Waals surface area contributed by atoms with Crippen LogP contribution in [0.3, 0.4) is 0 Å². The highest BCUT2D eigenvalue weighted by Gasteiger charge is 2.29. The normalized spacial score (nSPS) is 26.9. The lowest BCUT2D eigenvalue weighted by Gasteiger charge is -2.25. The lowest BCUT2D eigenvalue weighted by molar-refractivity contribution is 0.0190. The maximum absolute atomic E-state index is 5.73. The molecule has 88 valence electrons. The molecule has 0 saturated carbocycles. The maximum atomic E-state index is 5.73. The van der Waals surface area contributed by atoms with Gasteiger partial charge in [0.15, 0.2) is 0 Å². The summed E-state index contributed by atoms with van der Waals surface area (Å²) in [6.07, 6.45) is 7.51. The molecular formula is C12H19N3O. The third-order valence-corrected chi connectivity index (χ3v) is 3.11. The maximum Gasteiger partial charge on any atom is 0.0779 e. The number of hydrogen-bond donors (Lipinski definition) is 1. The number of ether oxygens (including phenoxy) is 1. The van der Waals surface area contributed by atoms with Crippen molar-refractivity contribution in [3.63, 3.8) is 0 Å². The second-order valence-corrected chi connectivity index (χ2v) is 4.63. The molecule has 1 fully saturated rings. The van der Waals surface area contributed by atoms with Gasteiger partial charge in [0, 0.05) is 37.8 Å². The zero-order chi connectivity index (χ0) is 11.4. The topological polar surface area (TPSA) is 47.0 Å². The van der Waals surface area contributed by atoms with Gasteiger partial charge in [0.2, 0.25) is 0 Å². The van der Waals surface area contributed by atoms with Crippen molar-refractivity contribution in [1.82, 2.24) is 15.3 Å². The first-order valence-electron chi connectivity index (χ1n) is 5.83. The number of hydrogen-bond acceptors (Lipinski definition) is 4. The molecule has 2 heterocycles. The first kappa shape index (κ1) is 11.5. The first-order valence-corrected chi connectivity index (χ1v) is 5.83. The summed E-state index contributed by atoms with van der Waals surface area (Å²) in [5.74, 6) is 0. The van der Waals surface area contributed by atoms with Crippen LogP contribution in [0.5, 0.6) is 0 Å². The van der Waals surface area contributed by atoms with Gasteiger partial charge in [0.1, 0.15) is 0 Å². The van der Waals surface area contributed by atoms with Gasteiger partial charge in [0.25, 0.3) is 0 Å². The molecule has 1 saturated heterocycles. The predicted octanol–water partition coefficient (Wildman–Crippen LogP) is 1.70. The summed E-state index contributed by atoms with van der Waals surface area (Å²) in [5.41, 5.74) is 0.973. The number of nitrogens with zero attached hydrogens (tertiary/aromatic N) is 2. The van der Waals surface area contributed by atoms with E-state index in [4.69, 9.17) is 4.74 Å². The van der Waals surface area contributed by atoms with Crippen molar-refractivity contribution >= 4 is 0 Å². The van der Waals surface area contributed by atoms with Crippen LogP contribution in [-0.4, -0.2) is 28.7 Å². The molecule has 0 amide bonds. The third-order valence-electron chi connectivity index (χ3n) is 3.11. The molecule has 4 nitrogen and oxygen atoms in total. The molecule has 1 N–H and O–H groups in total. The largest absolute Gasteiger partial charge is 0.374 e. The molecule has 0 bridgehead atoms. The van der Waals surface area contributed by atoms with Gasteiger partial charge in [-0.25, -0.2) is 0 Å². The molecule has 2 unspecified atom stereocenters. The van der Waals surface area contributed by atoms with Crippen LogP contribution in [-0.2, 0) is 4.74 Å². The summed E-state index contributed by atoms with van der Waals surface area (Å²) in [6.45, 7) is 6.02. The average molecular weight is 221 g/mol. The highest BCUT2D eigenvalue weighted by molar-refractivity contribution is 5.01. The molecule has 1 aliphatic rings. The highest BCUT2D eigenvalue weighted by Crippen LogP contribution is 2.24. The van der Waals surface area contributed by atoms with E-state index in [1.807, 2.05) is 0 Å². The molecule has 16 heavy (non-hydrogen) atoms. The molecule has 0 radical (unpaired) electrons. The van der Waals surface area contributed by atoms with E-state index in [0.717, 1.165) is 31.7 Å². The molecule has 4 heteroatoms. The second kappa shape index (κ2) is 4.89. The Morgan fingerprint density at radius 3 is 3.06 bits per heavy atom.